The number of aromatic amines is 1. The number of nitrogens with one attached hydrogen (secondary N) is 3. The molecule has 0 aliphatic carbocycles. The van der Waals surface area contributed by atoms with Gasteiger partial charge in [-0.3, -0.25) is 10.2 Å². The highest BCUT2D eigenvalue weighted by Crippen LogP contribution is 2.24. The zero-order chi connectivity index (χ0) is 25.0. The van der Waals surface area contributed by atoms with Gasteiger partial charge in [-0.25, -0.2) is 14.8 Å². The summed E-state index contributed by atoms with van der Waals surface area (Å²) in [5.41, 5.74) is 1.84. The molecular formula is C23H25N7O5S. The fourth-order valence-corrected chi connectivity index (χ4v) is 4.69. The predicted octanol–water partition coefficient (Wildman–Crippen LogP) is 1.97. The molecule has 188 valence electrons. The molecule has 2 amide bonds. The van der Waals surface area contributed by atoms with Crippen molar-refractivity contribution < 1.29 is 22.1 Å². The van der Waals surface area contributed by atoms with Crippen LogP contribution in [0.2, 0.25) is 0 Å². The molecule has 3 heterocycles. The molecule has 13 heteroatoms. The van der Waals surface area contributed by atoms with Gasteiger partial charge in [0.1, 0.15) is 10.6 Å². The van der Waals surface area contributed by atoms with Crippen LogP contribution in [-0.2, 0) is 14.9 Å². The third-order valence-electron chi connectivity index (χ3n) is 5.64. The summed E-state index contributed by atoms with van der Waals surface area (Å²) in [7, 11) is -4.05. The van der Waals surface area contributed by atoms with Gasteiger partial charge < -0.3 is 23.8 Å². The predicted molar refractivity (Wildman–Crippen MR) is 132 cm³/mol. The summed E-state index contributed by atoms with van der Waals surface area (Å²) >= 11 is 0. The first-order valence-corrected chi connectivity index (χ1v) is 12.7. The van der Waals surface area contributed by atoms with Crippen molar-refractivity contribution in [3.8, 4) is 11.4 Å². The van der Waals surface area contributed by atoms with Gasteiger partial charge in [0, 0.05) is 50.3 Å². The first-order valence-electron chi connectivity index (χ1n) is 11.3. The molecule has 2 aromatic heterocycles. The molecule has 1 fully saturated rings. The van der Waals surface area contributed by atoms with Gasteiger partial charge in [0.25, 0.3) is 0 Å². The van der Waals surface area contributed by atoms with Crippen molar-refractivity contribution in [2.45, 2.75) is 4.90 Å². The lowest BCUT2D eigenvalue weighted by Crippen LogP contribution is -2.42. The van der Waals surface area contributed by atoms with Crippen LogP contribution in [0.15, 0.2) is 66.1 Å². The second kappa shape index (κ2) is 10.4. The number of carbonyl (C=O) groups is 1. The van der Waals surface area contributed by atoms with Gasteiger partial charge in [-0.1, -0.05) is 0 Å². The van der Waals surface area contributed by atoms with Crippen LogP contribution < -0.4 is 14.8 Å². The van der Waals surface area contributed by atoms with E-state index >= 15 is 0 Å². The topological polar surface area (TPSA) is 143 Å². The largest absolute Gasteiger partial charge is 0.379 e. The molecule has 0 bridgehead atoms. The van der Waals surface area contributed by atoms with Gasteiger partial charge in [-0.15, -0.1) is 0 Å². The molecule has 1 aliphatic heterocycles. The Morgan fingerprint density at radius 3 is 2.69 bits per heavy atom. The van der Waals surface area contributed by atoms with Gasteiger partial charge in [-0.05, 0) is 36.4 Å². The van der Waals surface area contributed by atoms with Crippen LogP contribution in [0, 0.1) is 0 Å². The van der Waals surface area contributed by atoms with Crippen molar-refractivity contribution in [3.63, 3.8) is 0 Å². The lowest BCUT2D eigenvalue weighted by atomic mass is 10.3. The normalized spacial score (nSPS) is 14.6. The zero-order valence-electron chi connectivity index (χ0n) is 19.3. The Balaban J connectivity index is 1.20. The second-order valence-corrected chi connectivity index (χ2v) is 9.65. The molecule has 1 saturated heterocycles. The fraction of sp³-hybridized carbons (Fsp3) is 0.261. The van der Waals surface area contributed by atoms with Crippen LogP contribution in [0.5, 0.6) is 5.75 Å². The van der Waals surface area contributed by atoms with Crippen molar-refractivity contribution >= 4 is 33.1 Å². The lowest BCUT2D eigenvalue weighted by molar-refractivity contribution is 0.0388. The van der Waals surface area contributed by atoms with Crippen LogP contribution in [0.3, 0.4) is 0 Å². The van der Waals surface area contributed by atoms with E-state index in [1.165, 1.54) is 24.3 Å². The van der Waals surface area contributed by atoms with E-state index in [-0.39, 0.29) is 22.6 Å². The molecule has 0 saturated carbocycles. The summed E-state index contributed by atoms with van der Waals surface area (Å²) in [6.45, 7) is 4.34. The number of hydrogen-bond acceptors (Lipinski definition) is 8. The van der Waals surface area contributed by atoms with E-state index in [1.54, 1.807) is 41.5 Å². The third kappa shape index (κ3) is 5.64. The maximum absolute atomic E-state index is 12.8. The number of urea groups is 1. The number of hydrogen-bond donors (Lipinski definition) is 3. The van der Waals surface area contributed by atoms with Crippen LogP contribution in [0.4, 0.5) is 10.7 Å². The van der Waals surface area contributed by atoms with E-state index in [0.29, 0.717) is 30.8 Å². The van der Waals surface area contributed by atoms with Gasteiger partial charge in [0.15, 0.2) is 0 Å². The van der Waals surface area contributed by atoms with Gasteiger partial charge in [0.05, 0.1) is 30.6 Å². The Morgan fingerprint density at radius 2 is 1.94 bits per heavy atom. The van der Waals surface area contributed by atoms with Gasteiger partial charge in [-0.2, -0.15) is 8.42 Å². The SMILES string of the molecule is O=C(NCCN1CCOCC1)Nc1nc2cc(OS(=O)(=O)c3ccc(-n4ccnc4)cc3)ccc2[nH]1. The van der Waals surface area contributed by atoms with Crippen LogP contribution in [0.1, 0.15) is 0 Å². The molecule has 0 radical (unpaired) electrons. The van der Waals surface area contributed by atoms with E-state index in [2.05, 4.69) is 30.5 Å². The number of aromatic nitrogens is 4. The smallest absolute Gasteiger partial charge is 0.339 e. The summed E-state index contributed by atoms with van der Waals surface area (Å²) in [6, 6.07) is 10.5. The summed E-state index contributed by atoms with van der Waals surface area (Å²) < 4.78 is 37.9. The molecule has 12 nitrogen and oxygen atoms in total. The number of ether oxygens (including phenoxy) is 1. The quantitative estimate of drug-likeness (QED) is 0.305. The highest BCUT2D eigenvalue weighted by molar-refractivity contribution is 7.87. The van der Waals surface area contributed by atoms with Crippen molar-refractivity contribution in [1.82, 2.24) is 29.7 Å². The summed E-state index contributed by atoms with van der Waals surface area (Å²) in [6.07, 6.45) is 5.02. The fourth-order valence-electron chi connectivity index (χ4n) is 3.77. The number of rotatable bonds is 8. The van der Waals surface area contributed by atoms with Crippen molar-refractivity contribution in [2.75, 3.05) is 44.7 Å². The monoisotopic (exact) mass is 511 g/mol. The van der Waals surface area contributed by atoms with Crippen LogP contribution in [-0.4, -0.2) is 78.3 Å². The Hall–Kier alpha value is -3.94. The van der Waals surface area contributed by atoms with Crippen molar-refractivity contribution in [1.29, 1.82) is 0 Å². The maximum Gasteiger partial charge on any atom is 0.339 e. The standard InChI is InChI=1S/C23H25N7O5S/c31-23(25-8-9-29-11-13-34-14-12-29)28-22-26-20-6-3-18(15-21(20)27-22)35-36(32,33)19-4-1-17(2-5-19)30-10-7-24-16-30/h1-7,10,15-16H,8-9,11-14H2,(H3,25,26,27,28,31). The second-order valence-electron chi connectivity index (χ2n) is 8.10. The Bertz CT molecular complexity index is 1430. The van der Waals surface area contributed by atoms with E-state index in [4.69, 9.17) is 8.92 Å². The number of nitrogens with zero attached hydrogens (tertiary/aromatic N) is 4. The highest BCUT2D eigenvalue weighted by Gasteiger charge is 2.18. The number of carbonyl (C=O) groups excluding carboxylic acids is 1. The molecule has 1 aliphatic rings. The van der Waals surface area contributed by atoms with E-state index in [0.717, 1.165) is 25.3 Å². The summed E-state index contributed by atoms with van der Waals surface area (Å²) in [5, 5.41) is 5.45. The molecule has 0 spiro atoms. The zero-order valence-corrected chi connectivity index (χ0v) is 20.1. The van der Waals surface area contributed by atoms with E-state index in [1.807, 2.05) is 0 Å². The number of imidazole rings is 2. The van der Waals surface area contributed by atoms with Crippen molar-refractivity contribution in [3.05, 3.63) is 61.2 Å². The number of amides is 2. The lowest BCUT2D eigenvalue weighted by Gasteiger charge is -2.26. The van der Waals surface area contributed by atoms with Crippen molar-refractivity contribution in [2.24, 2.45) is 0 Å². The number of anilines is 1. The molecule has 3 N–H and O–H groups in total. The van der Waals surface area contributed by atoms with E-state index in [9.17, 15) is 13.2 Å². The molecule has 4 aromatic rings. The average Bonchev–Trinajstić information content (AvgIpc) is 3.54. The van der Waals surface area contributed by atoms with Gasteiger partial charge in [0.2, 0.25) is 5.95 Å². The summed E-state index contributed by atoms with van der Waals surface area (Å²) in [4.78, 5) is 25.7. The number of fused-ring (bicyclic) bond motifs is 1. The average molecular weight is 512 g/mol. The molecule has 2 aromatic carbocycles. The Kier molecular flexibility index (Phi) is 6.84. The Labute approximate surface area is 207 Å². The van der Waals surface area contributed by atoms with Crippen LogP contribution in [0.25, 0.3) is 16.7 Å². The molecule has 0 unspecified atom stereocenters. The number of benzene rings is 2. The third-order valence-corrected chi connectivity index (χ3v) is 6.90. The van der Waals surface area contributed by atoms with Gasteiger partial charge >= 0.3 is 16.1 Å². The minimum atomic E-state index is -4.05. The first-order chi connectivity index (χ1) is 17.5. The molecule has 0 atom stereocenters. The minimum Gasteiger partial charge on any atom is -0.379 e. The van der Waals surface area contributed by atoms with E-state index < -0.39 is 10.1 Å². The Morgan fingerprint density at radius 1 is 1.14 bits per heavy atom. The molecule has 36 heavy (non-hydrogen) atoms. The molecular weight excluding hydrogens is 486 g/mol. The first kappa shape index (κ1) is 23.8. The number of H-pyrrole nitrogens is 1. The molecule has 5 rings (SSSR count). The summed E-state index contributed by atoms with van der Waals surface area (Å²) in [5.74, 6) is 0.346. The minimum absolute atomic E-state index is 0.0181. The highest BCUT2D eigenvalue weighted by atomic mass is 32.2. The number of morpholine rings is 1. The maximum atomic E-state index is 12.8. The van der Waals surface area contributed by atoms with Crippen LogP contribution >= 0.6 is 0 Å².